The van der Waals surface area contributed by atoms with Crippen LogP contribution >= 0.6 is 23.7 Å². The summed E-state index contributed by atoms with van der Waals surface area (Å²) in [5.41, 5.74) is 1.76. The molecule has 0 atom stereocenters. The summed E-state index contributed by atoms with van der Waals surface area (Å²) < 4.78 is 0. The molecule has 3 rings (SSSR count). The predicted octanol–water partition coefficient (Wildman–Crippen LogP) is 3.26. The van der Waals surface area contributed by atoms with E-state index in [9.17, 15) is 4.79 Å². The van der Waals surface area contributed by atoms with Crippen molar-refractivity contribution in [3.8, 4) is 0 Å². The summed E-state index contributed by atoms with van der Waals surface area (Å²) in [5.74, 6) is 0.249. The van der Waals surface area contributed by atoms with Crippen molar-refractivity contribution in [2.45, 2.75) is 39.5 Å². The maximum Gasteiger partial charge on any atom is 0.263 e. The van der Waals surface area contributed by atoms with Gasteiger partial charge in [-0.3, -0.25) is 4.79 Å². The topological polar surface area (TPSA) is 32.3 Å². The molecule has 0 radical (unpaired) electrons. The minimum Gasteiger partial charge on any atom is -0.338 e. The zero-order valence-corrected chi connectivity index (χ0v) is 14.5. The van der Waals surface area contributed by atoms with E-state index < -0.39 is 0 Å². The van der Waals surface area contributed by atoms with Gasteiger partial charge in [0.15, 0.2) is 0 Å². The lowest BCUT2D eigenvalue weighted by molar-refractivity contribution is 0.0612. The minimum atomic E-state index is 0. The van der Waals surface area contributed by atoms with E-state index in [-0.39, 0.29) is 18.3 Å². The molecule has 0 aromatic carbocycles. The van der Waals surface area contributed by atoms with Gasteiger partial charge in [-0.05, 0) is 56.2 Å². The second-order valence-corrected chi connectivity index (χ2v) is 7.43. The SMILES string of the molecule is CCc1sc(C(=O)N2CCC3(CCNC3)CC2)cc1C.Cl. The van der Waals surface area contributed by atoms with Gasteiger partial charge >= 0.3 is 0 Å². The highest BCUT2D eigenvalue weighted by atomic mass is 35.5. The molecule has 1 N–H and O–H groups in total. The van der Waals surface area contributed by atoms with Crippen molar-refractivity contribution in [3.63, 3.8) is 0 Å². The zero-order chi connectivity index (χ0) is 14.2. The third kappa shape index (κ3) is 3.27. The first-order valence-electron chi connectivity index (χ1n) is 7.73. The molecule has 0 bridgehead atoms. The first kappa shape index (κ1) is 16.8. The lowest BCUT2D eigenvalue weighted by Gasteiger charge is -2.38. The van der Waals surface area contributed by atoms with Gasteiger partial charge < -0.3 is 10.2 Å². The van der Waals surface area contributed by atoms with Gasteiger partial charge in [0.05, 0.1) is 4.88 Å². The molecular formula is C16H25ClN2OS. The molecule has 0 saturated carbocycles. The molecule has 1 aromatic heterocycles. The van der Waals surface area contributed by atoms with Gasteiger partial charge in [0, 0.05) is 24.5 Å². The van der Waals surface area contributed by atoms with Crippen LogP contribution in [0.5, 0.6) is 0 Å². The summed E-state index contributed by atoms with van der Waals surface area (Å²) in [7, 11) is 0. The van der Waals surface area contributed by atoms with Crippen LogP contribution < -0.4 is 5.32 Å². The number of carbonyl (C=O) groups is 1. The summed E-state index contributed by atoms with van der Waals surface area (Å²) in [6.07, 6.45) is 4.64. The van der Waals surface area contributed by atoms with Gasteiger partial charge in [-0.1, -0.05) is 6.92 Å². The van der Waals surface area contributed by atoms with E-state index in [0.29, 0.717) is 5.41 Å². The summed E-state index contributed by atoms with van der Waals surface area (Å²) >= 11 is 1.68. The Balaban J connectivity index is 0.00000161. The number of aryl methyl sites for hydroxylation is 2. The number of piperidine rings is 1. The number of likely N-dealkylation sites (tertiary alicyclic amines) is 1. The second-order valence-electron chi connectivity index (χ2n) is 6.29. The zero-order valence-electron chi connectivity index (χ0n) is 12.9. The number of nitrogens with one attached hydrogen (secondary N) is 1. The number of nitrogens with zero attached hydrogens (tertiary/aromatic N) is 1. The summed E-state index contributed by atoms with van der Waals surface area (Å²) in [6, 6.07) is 2.08. The number of hydrogen-bond donors (Lipinski definition) is 1. The Morgan fingerprint density at radius 1 is 1.38 bits per heavy atom. The van der Waals surface area contributed by atoms with Crippen molar-refractivity contribution in [3.05, 3.63) is 21.4 Å². The van der Waals surface area contributed by atoms with E-state index in [1.807, 2.05) is 0 Å². The molecule has 1 aromatic rings. The Morgan fingerprint density at radius 2 is 2.10 bits per heavy atom. The third-order valence-electron chi connectivity index (χ3n) is 5.00. The van der Waals surface area contributed by atoms with Gasteiger partial charge in [0.25, 0.3) is 5.91 Å². The fraction of sp³-hybridized carbons (Fsp3) is 0.688. The molecule has 118 valence electrons. The average molecular weight is 329 g/mol. The van der Waals surface area contributed by atoms with Gasteiger partial charge in [-0.25, -0.2) is 0 Å². The largest absolute Gasteiger partial charge is 0.338 e. The number of thiophene rings is 1. The Morgan fingerprint density at radius 3 is 2.62 bits per heavy atom. The number of carbonyl (C=O) groups excluding carboxylic acids is 1. The van der Waals surface area contributed by atoms with Crippen molar-refractivity contribution in [1.82, 2.24) is 10.2 Å². The molecule has 3 nitrogen and oxygen atoms in total. The highest BCUT2D eigenvalue weighted by Crippen LogP contribution is 2.37. The fourth-order valence-electron chi connectivity index (χ4n) is 3.54. The summed E-state index contributed by atoms with van der Waals surface area (Å²) in [4.78, 5) is 16.9. The second kappa shape index (κ2) is 6.67. The Labute approximate surface area is 137 Å². The van der Waals surface area contributed by atoms with Crippen LogP contribution in [0.15, 0.2) is 6.07 Å². The minimum absolute atomic E-state index is 0. The number of hydrogen-bond acceptors (Lipinski definition) is 3. The lowest BCUT2D eigenvalue weighted by atomic mass is 9.78. The quantitative estimate of drug-likeness (QED) is 0.903. The predicted molar refractivity (Wildman–Crippen MR) is 90.7 cm³/mol. The van der Waals surface area contributed by atoms with Crippen molar-refractivity contribution >= 4 is 29.7 Å². The molecule has 2 fully saturated rings. The van der Waals surface area contributed by atoms with Gasteiger partial charge in [-0.15, -0.1) is 23.7 Å². The van der Waals surface area contributed by atoms with Crippen LogP contribution in [-0.2, 0) is 6.42 Å². The number of halogens is 1. The highest BCUT2D eigenvalue weighted by Gasteiger charge is 2.38. The first-order valence-corrected chi connectivity index (χ1v) is 8.54. The molecule has 5 heteroatoms. The van der Waals surface area contributed by atoms with Crippen LogP contribution in [0.1, 0.15) is 46.3 Å². The molecule has 2 aliphatic rings. The van der Waals surface area contributed by atoms with E-state index >= 15 is 0 Å². The van der Waals surface area contributed by atoms with Crippen molar-refractivity contribution < 1.29 is 4.79 Å². The monoisotopic (exact) mass is 328 g/mol. The molecular weight excluding hydrogens is 304 g/mol. The van der Waals surface area contributed by atoms with Crippen molar-refractivity contribution in [2.24, 2.45) is 5.41 Å². The molecule has 21 heavy (non-hydrogen) atoms. The maximum absolute atomic E-state index is 12.6. The van der Waals surface area contributed by atoms with Crippen molar-refractivity contribution in [1.29, 1.82) is 0 Å². The molecule has 1 spiro atoms. The molecule has 1 amide bonds. The van der Waals surface area contributed by atoms with Gasteiger partial charge in [-0.2, -0.15) is 0 Å². The smallest absolute Gasteiger partial charge is 0.263 e. The summed E-state index contributed by atoms with van der Waals surface area (Å²) in [5, 5.41) is 3.48. The van der Waals surface area contributed by atoms with Gasteiger partial charge in [0.1, 0.15) is 0 Å². The maximum atomic E-state index is 12.6. The van der Waals surface area contributed by atoms with E-state index in [0.717, 1.165) is 50.3 Å². The van der Waals surface area contributed by atoms with E-state index in [2.05, 4.69) is 30.1 Å². The fourth-order valence-corrected chi connectivity index (χ4v) is 4.62. The molecule has 0 unspecified atom stereocenters. The van der Waals surface area contributed by atoms with Crippen LogP contribution in [0.25, 0.3) is 0 Å². The van der Waals surface area contributed by atoms with E-state index in [1.165, 1.54) is 16.9 Å². The van der Waals surface area contributed by atoms with Crippen molar-refractivity contribution in [2.75, 3.05) is 26.2 Å². The Bertz CT molecular complexity index is 498. The van der Waals surface area contributed by atoms with E-state index in [1.54, 1.807) is 11.3 Å². The van der Waals surface area contributed by atoms with Crippen LogP contribution in [0.4, 0.5) is 0 Å². The lowest BCUT2D eigenvalue weighted by Crippen LogP contribution is -2.43. The number of rotatable bonds is 2. The standard InChI is InChI=1S/C16H24N2OS.ClH/c1-3-13-12(2)10-14(20-13)15(19)18-8-5-16(6-9-18)4-7-17-11-16;/h10,17H,3-9,11H2,1-2H3;1H. The molecule has 0 aliphatic carbocycles. The molecule has 3 heterocycles. The van der Waals surface area contributed by atoms with E-state index in [4.69, 9.17) is 0 Å². The Hall–Kier alpha value is -0.580. The van der Waals surface area contributed by atoms with Gasteiger partial charge in [0.2, 0.25) is 0 Å². The average Bonchev–Trinajstić information content (AvgIpc) is 3.06. The third-order valence-corrected chi connectivity index (χ3v) is 6.37. The highest BCUT2D eigenvalue weighted by molar-refractivity contribution is 7.14. The normalized spacial score (nSPS) is 20.6. The number of amides is 1. The molecule has 2 aliphatic heterocycles. The molecule has 2 saturated heterocycles. The van der Waals surface area contributed by atoms with Crippen LogP contribution in [0.3, 0.4) is 0 Å². The van der Waals surface area contributed by atoms with Crippen LogP contribution in [0, 0.1) is 12.3 Å². The van der Waals surface area contributed by atoms with Crippen LogP contribution in [-0.4, -0.2) is 37.0 Å². The van der Waals surface area contributed by atoms with Crippen LogP contribution in [0.2, 0.25) is 0 Å². The first-order chi connectivity index (χ1) is 9.63. The summed E-state index contributed by atoms with van der Waals surface area (Å²) in [6.45, 7) is 8.43. The Kier molecular flexibility index (Phi) is 5.33.